The van der Waals surface area contributed by atoms with Crippen molar-refractivity contribution in [1.29, 1.82) is 0 Å². The molecule has 0 aliphatic carbocycles. The number of carbonyl (C=O) groups is 2. The molecule has 22 heavy (non-hydrogen) atoms. The SMILES string of the molecule is CNC(=O)c1cc(NC(=O)CCC2CCNC2)ccc1Cl.Cl. The van der Waals surface area contributed by atoms with Crippen LogP contribution >= 0.6 is 24.0 Å². The van der Waals surface area contributed by atoms with Gasteiger partial charge in [0.1, 0.15) is 0 Å². The number of anilines is 1. The summed E-state index contributed by atoms with van der Waals surface area (Å²) in [5, 5.41) is 8.99. The third-order valence-corrected chi connectivity index (χ3v) is 3.99. The molecule has 0 bridgehead atoms. The molecular formula is C15H21Cl2N3O2. The van der Waals surface area contributed by atoms with Gasteiger partial charge in [-0.1, -0.05) is 11.6 Å². The zero-order chi connectivity index (χ0) is 15.2. The molecule has 0 spiro atoms. The molecule has 1 aromatic carbocycles. The molecule has 1 saturated heterocycles. The molecule has 0 aromatic heterocycles. The number of hydrogen-bond donors (Lipinski definition) is 3. The lowest BCUT2D eigenvalue weighted by atomic mass is 10.0. The lowest BCUT2D eigenvalue weighted by Crippen LogP contribution is -2.19. The van der Waals surface area contributed by atoms with Crippen molar-refractivity contribution in [2.45, 2.75) is 19.3 Å². The number of halogens is 2. The van der Waals surface area contributed by atoms with Crippen LogP contribution < -0.4 is 16.0 Å². The lowest BCUT2D eigenvalue weighted by molar-refractivity contribution is -0.116. The minimum absolute atomic E-state index is 0. The van der Waals surface area contributed by atoms with Gasteiger partial charge in [-0.05, 0) is 50.0 Å². The summed E-state index contributed by atoms with van der Waals surface area (Å²) >= 11 is 5.97. The lowest BCUT2D eigenvalue weighted by Gasteiger charge is -2.10. The fourth-order valence-corrected chi connectivity index (χ4v) is 2.63. The molecule has 1 unspecified atom stereocenters. The Balaban J connectivity index is 0.00000242. The van der Waals surface area contributed by atoms with Gasteiger partial charge in [-0.3, -0.25) is 9.59 Å². The normalized spacial score (nSPS) is 16.7. The maximum absolute atomic E-state index is 11.9. The molecule has 2 rings (SSSR count). The van der Waals surface area contributed by atoms with E-state index >= 15 is 0 Å². The van der Waals surface area contributed by atoms with E-state index in [1.807, 2.05) is 0 Å². The smallest absolute Gasteiger partial charge is 0.252 e. The van der Waals surface area contributed by atoms with Gasteiger partial charge in [0.15, 0.2) is 0 Å². The average molecular weight is 346 g/mol. The molecule has 1 aliphatic rings. The van der Waals surface area contributed by atoms with E-state index in [2.05, 4.69) is 16.0 Å². The Kier molecular flexibility index (Phi) is 7.65. The summed E-state index contributed by atoms with van der Waals surface area (Å²) in [6.07, 6.45) is 2.51. The first-order valence-corrected chi connectivity index (χ1v) is 7.50. The van der Waals surface area contributed by atoms with E-state index < -0.39 is 0 Å². The van der Waals surface area contributed by atoms with E-state index in [1.165, 1.54) is 0 Å². The molecule has 2 amide bonds. The Morgan fingerprint density at radius 2 is 2.18 bits per heavy atom. The van der Waals surface area contributed by atoms with Gasteiger partial charge in [-0.15, -0.1) is 12.4 Å². The van der Waals surface area contributed by atoms with Gasteiger partial charge in [-0.2, -0.15) is 0 Å². The molecule has 0 radical (unpaired) electrons. The minimum atomic E-state index is -0.270. The number of hydrogen-bond acceptors (Lipinski definition) is 3. The molecule has 122 valence electrons. The molecule has 5 nitrogen and oxygen atoms in total. The van der Waals surface area contributed by atoms with Gasteiger partial charge in [-0.25, -0.2) is 0 Å². The Bertz CT molecular complexity index is 532. The van der Waals surface area contributed by atoms with E-state index in [4.69, 9.17) is 11.6 Å². The van der Waals surface area contributed by atoms with Crippen molar-refractivity contribution >= 4 is 41.5 Å². The highest BCUT2D eigenvalue weighted by atomic mass is 35.5. The first-order chi connectivity index (χ1) is 10.1. The molecule has 1 fully saturated rings. The second-order valence-corrected chi connectivity index (χ2v) is 5.63. The van der Waals surface area contributed by atoms with Crippen molar-refractivity contribution in [1.82, 2.24) is 10.6 Å². The van der Waals surface area contributed by atoms with Crippen molar-refractivity contribution in [3.8, 4) is 0 Å². The minimum Gasteiger partial charge on any atom is -0.355 e. The molecule has 7 heteroatoms. The molecule has 0 saturated carbocycles. The van der Waals surface area contributed by atoms with Crippen molar-refractivity contribution in [2.75, 3.05) is 25.5 Å². The highest BCUT2D eigenvalue weighted by molar-refractivity contribution is 6.34. The van der Waals surface area contributed by atoms with Crippen LogP contribution in [0.2, 0.25) is 5.02 Å². The zero-order valence-corrected chi connectivity index (χ0v) is 14.0. The van der Waals surface area contributed by atoms with E-state index in [9.17, 15) is 9.59 Å². The predicted octanol–water partition coefficient (Wildman–Crippen LogP) is 2.45. The van der Waals surface area contributed by atoms with Crippen molar-refractivity contribution in [3.05, 3.63) is 28.8 Å². The first kappa shape index (κ1) is 18.7. The number of amides is 2. The van der Waals surface area contributed by atoms with Crippen molar-refractivity contribution < 1.29 is 9.59 Å². The molecule has 1 aromatic rings. The summed E-state index contributed by atoms with van der Waals surface area (Å²) in [6, 6.07) is 4.91. The second-order valence-electron chi connectivity index (χ2n) is 5.22. The van der Waals surface area contributed by atoms with Gasteiger partial charge < -0.3 is 16.0 Å². The molecule has 1 heterocycles. The third kappa shape index (κ3) is 5.16. The Morgan fingerprint density at radius 3 is 2.82 bits per heavy atom. The second kappa shape index (κ2) is 8.98. The van der Waals surface area contributed by atoms with E-state index in [0.717, 1.165) is 25.9 Å². The van der Waals surface area contributed by atoms with Crippen molar-refractivity contribution in [2.24, 2.45) is 5.92 Å². The van der Waals surface area contributed by atoms with Gasteiger partial charge in [0.05, 0.1) is 10.6 Å². The van der Waals surface area contributed by atoms with Crippen molar-refractivity contribution in [3.63, 3.8) is 0 Å². The van der Waals surface area contributed by atoms with Crippen LogP contribution in [-0.2, 0) is 4.79 Å². The van der Waals surface area contributed by atoms with Gasteiger partial charge in [0, 0.05) is 19.2 Å². The van der Waals surface area contributed by atoms with Crippen LogP contribution in [0.15, 0.2) is 18.2 Å². The van der Waals surface area contributed by atoms with Crippen LogP contribution in [-0.4, -0.2) is 32.0 Å². The average Bonchev–Trinajstić information content (AvgIpc) is 2.99. The zero-order valence-electron chi connectivity index (χ0n) is 12.4. The molecule has 3 N–H and O–H groups in total. The Hall–Kier alpha value is -1.30. The van der Waals surface area contributed by atoms with Gasteiger partial charge >= 0.3 is 0 Å². The summed E-state index contributed by atoms with van der Waals surface area (Å²) in [6.45, 7) is 2.04. The van der Waals surface area contributed by atoms with E-state index in [-0.39, 0.29) is 24.2 Å². The Morgan fingerprint density at radius 1 is 1.41 bits per heavy atom. The largest absolute Gasteiger partial charge is 0.355 e. The monoisotopic (exact) mass is 345 g/mol. The standard InChI is InChI=1S/C15H20ClN3O2.ClH/c1-17-15(21)12-8-11(3-4-13(12)16)19-14(20)5-2-10-6-7-18-9-10;/h3-4,8,10,18H,2,5-7,9H2,1H3,(H,17,21)(H,19,20);1H. The van der Waals surface area contributed by atoms with Crippen LogP contribution in [0.25, 0.3) is 0 Å². The maximum atomic E-state index is 11.9. The summed E-state index contributed by atoms with van der Waals surface area (Å²) in [5.74, 6) is 0.280. The van der Waals surface area contributed by atoms with E-state index in [1.54, 1.807) is 25.2 Å². The number of carbonyl (C=O) groups excluding carboxylic acids is 2. The number of rotatable bonds is 5. The molecule has 1 aliphatic heterocycles. The highest BCUT2D eigenvalue weighted by Crippen LogP contribution is 2.21. The summed E-state index contributed by atoms with van der Waals surface area (Å²) in [4.78, 5) is 23.6. The highest BCUT2D eigenvalue weighted by Gasteiger charge is 2.16. The molecular weight excluding hydrogens is 325 g/mol. The Labute approximate surface area is 141 Å². The maximum Gasteiger partial charge on any atom is 0.252 e. The number of benzene rings is 1. The summed E-state index contributed by atoms with van der Waals surface area (Å²) in [7, 11) is 1.54. The topological polar surface area (TPSA) is 70.2 Å². The fraction of sp³-hybridized carbons (Fsp3) is 0.467. The third-order valence-electron chi connectivity index (χ3n) is 3.66. The molecule has 1 atom stereocenters. The summed E-state index contributed by atoms with van der Waals surface area (Å²) in [5.41, 5.74) is 0.949. The van der Waals surface area contributed by atoms with Crippen LogP contribution in [0.5, 0.6) is 0 Å². The number of nitrogens with one attached hydrogen (secondary N) is 3. The summed E-state index contributed by atoms with van der Waals surface area (Å²) < 4.78 is 0. The van der Waals surface area contributed by atoms with Gasteiger partial charge in [0.25, 0.3) is 5.91 Å². The van der Waals surface area contributed by atoms with Crippen LogP contribution in [0.3, 0.4) is 0 Å². The fourth-order valence-electron chi connectivity index (χ4n) is 2.43. The quantitative estimate of drug-likeness (QED) is 0.767. The van der Waals surface area contributed by atoms with E-state index in [0.29, 0.717) is 28.6 Å². The van der Waals surface area contributed by atoms with Crippen LogP contribution in [0.4, 0.5) is 5.69 Å². The van der Waals surface area contributed by atoms with Crippen LogP contribution in [0.1, 0.15) is 29.6 Å². The van der Waals surface area contributed by atoms with Gasteiger partial charge in [0.2, 0.25) is 5.91 Å². The predicted molar refractivity (Wildman–Crippen MR) is 90.9 cm³/mol. The van der Waals surface area contributed by atoms with Crippen LogP contribution in [0, 0.1) is 5.92 Å². The first-order valence-electron chi connectivity index (χ1n) is 7.12.